The van der Waals surface area contributed by atoms with Gasteiger partial charge in [0.15, 0.2) is 0 Å². The summed E-state index contributed by atoms with van der Waals surface area (Å²) in [6, 6.07) is 0. The maximum Gasteiger partial charge on any atom is 0.137 e. The van der Waals surface area contributed by atoms with Crippen molar-refractivity contribution in [3.8, 4) is 0 Å². The third-order valence-corrected chi connectivity index (χ3v) is 3.37. The van der Waals surface area contributed by atoms with Gasteiger partial charge in [0.25, 0.3) is 0 Å². The molecule has 12 heavy (non-hydrogen) atoms. The Balaban J connectivity index is 2.23. The van der Waals surface area contributed by atoms with Gasteiger partial charge < -0.3 is 0 Å². The van der Waals surface area contributed by atoms with E-state index in [2.05, 4.69) is 13.8 Å². The number of hydrogen-bond donors (Lipinski definition) is 0. The molecule has 2 atom stereocenters. The highest BCUT2D eigenvalue weighted by molar-refractivity contribution is 5.98. The Morgan fingerprint density at radius 2 is 1.75 bits per heavy atom. The Kier molecular flexibility index (Phi) is 1.45. The van der Waals surface area contributed by atoms with E-state index in [1.54, 1.807) is 0 Å². The molecule has 0 N–H and O–H groups in total. The van der Waals surface area contributed by atoms with E-state index in [9.17, 15) is 9.59 Å². The first-order valence-corrected chi connectivity index (χ1v) is 4.58. The molecular formula is C10H14O2. The number of fused-ring (bicyclic) bond motifs is 1. The molecule has 0 aromatic rings. The van der Waals surface area contributed by atoms with E-state index in [4.69, 9.17) is 0 Å². The van der Waals surface area contributed by atoms with Crippen LogP contribution in [-0.4, -0.2) is 11.6 Å². The molecule has 0 aromatic heterocycles. The van der Waals surface area contributed by atoms with Crippen LogP contribution in [0.1, 0.15) is 33.1 Å². The monoisotopic (exact) mass is 166 g/mol. The molecule has 2 saturated carbocycles. The predicted octanol–water partition coefficient (Wildman–Crippen LogP) is 1.58. The van der Waals surface area contributed by atoms with Crippen molar-refractivity contribution in [2.24, 2.45) is 17.3 Å². The van der Waals surface area contributed by atoms with Gasteiger partial charge in [0, 0.05) is 24.7 Å². The SMILES string of the molecule is CC1(C)CC2C(=O)CCC(=O)C21. The molecule has 2 aliphatic rings. The molecule has 2 unspecified atom stereocenters. The summed E-state index contributed by atoms with van der Waals surface area (Å²) in [7, 11) is 0. The molecule has 0 heterocycles. The van der Waals surface area contributed by atoms with Crippen molar-refractivity contribution < 1.29 is 9.59 Å². The van der Waals surface area contributed by atoms with Gasteiger partial charge in [-0.15, -0.1) is 0 Å². The number of carbonyl (C=O) groups excluding carboxylic acids is 2. The van der Waals surface area contributed by atoms with E-state index < -0.39 is 0 Å². The standard InChI is InChI=1S/C10H14O2/c1-10(2)5-6-7(11)3-4-8(12)9(6)10/h6,9H,3-5H2,1-2H3. The zero-order chi connectivity index (χ0) is 8.93. The topological polar surface area (TPSA) is 34.1 Å². The Labute approximate surface area is 72.3 Å². The highest BCUT2D eigenvalue weighted by Gasteiger charge is 2.55. The van der Waals surface area contributed by atoms with Gasteiger partial charge in [0.1, 0.15) is 11.6 Å². The number of ketones is 2. The van der Waals surface area contributed by atoms with E-state index in [0.717, 1.165) is 6.42 Å². The molecule has 0 aromatic carbocycles. The number of Topliss-reactive ketones (excluding diaryl/α,β-unsaturated/α-hetero) is 2. The lowest BCUT2D eigenvalue weighted by Crippen LogP contribution is -2.54. The van der Waals surface area contributed by atoms with Crippen LogP contribution in [0.15, 0.2) is 0 Å². The van der Waals surface area contributed by atoms with Gasteiger partial charge in [-0.1, -0.05) is 13.8 Å². The molecule has 0 bridgehead atoms. The van der Waals surface area contributed by atoms with Gasteiger partial charge in [-0.2, -0.15) is 0 Å². The van der Waals surface area contributed by atoms with Crippen LogP contribution in [0.3, 0.4) is 0 Å². The quantitative estimate of drug-likeness (QED) is 0.547. The summed E-state index contributed by atoms with van der Waals surface area (Å²) >= 11 is 0. The number of rotatable bonds is 0. The smallest absolute Gasteiger partial charge is 0.137 e. The maximum absolute atomic E-state index is 11.5. The molecule has 0 amide bonds. The summed E-state index contributed by atoms with van der Waals surface area (Å²) in [6.45, 7) is 4.18. The minimum absolute atomic E-state index is 0.0544. The van der Waals surface area contributed by atoms with Gasteiger partial charge in [-0.05, 0) is 11.8 Å². The summed E-state index contributed by atoms with van der Waals surface area (Å²) in [4.78, 5) is 22.8. The fraction of sp³-hybridized carbons (Fsp3) is 0.800. The molecule has 2 aliphatic carbocycles. The molecule has 0 saturated heterocycles. The van der Waals surface area contributed by atoms with E-state index in [1.165, 1.54) is 0 Å². The van der Waals surface area contributed by atoms with Gasteiger partial charge >= 0.3 is 0 Å². The first-order chi connectivity index (χ1) is 5.52. The molecule has 0 spiro atoms. The lowest BCUT2D eigenvalue weighted by Gasteiger charge is -2.51. The van der Waals surface area contributed by atoms with Crippen LogP contribution in [0.4, 0.5) is 0 Å². The molecule has 66 valence electrons. The van der Waals surface area contributed by atoms with E-state index >= 15 is 0 Å². The molecular weight excluding hydrogens is 152 g/mol. The summed E-state index contributed by atoms with van der Waals surface area (Å²) < 4.78 is 0. The van der Waals surface area contributed by atoms with Crippen molar-refractivity contribution in [1.82, 2.24) is 0 Å². The maximum atomic E-state index is 11.5. The summed E-state index contributed by atoms with van der Waals surface area (Å²) in [6.07, 6.45) is 1.90. The first-order valence-electron chi connectivity index (χ1n) is 4.58. The van der Waals surface area contributed by atoms with Gasteiger partial charge in [0.2, 0.25) is 0 Å². The lowest BCUT2D eigenvalue weighted by atomic mass is 9.50. The van der Waals surface area contributed by atoms with Crippen LogP contribution in [0.25, 0.3) is 0 Å². The predicted molar refractivity (Wildman–Crippen MR) is 44.6 cm³/mol. The van der Waals surface area contributed by atoms with Crippen molar-refractivity contribution in [3.05, 3.63) is 0 Å². The molecule has 2 nitrogen and oxygen atoms in total. The Bertz CT molecular complexity index is 253. The largest absolute Gasteiger partial charge is 0.299 e. The van der Waals surface area contributed by atoms with Crippen LogP contribution >= 0.6 is 0 Å². The fourth-order valence-corrected chi connectivity index (χ4v) is 2.74. The molecule has 0 aliphatic heterocycles. The number of carbonyl (C=O) groups is 2. The summed E-state index contributed by atoms with van der Waals surface area (Å²) in [5.41, 5.74) is 0.0951. The highest BCUT2D eigenvalue weighted by Crippen LogP contribution is 2.54. The van der Waals surface area contributed by atoms with Crippen molar-refractivity contribution in [2.45, 2.75) is 33.1 Å². The average molecular weight is 166 g/mol. The van der Waals surface area contributed by atoms with Crippen LogP contribution < -0.4 is 0 Å². The third kappa shape index (κ3) is 0.869. The summed E-state index contributed by atoms with van der Waals surface area (Å²) in [5, 5.41) is 0. The van der Waals surface area contributed by atoms with Crippen LogP contribution in [0.2, 0.25) is 0 Å². The van der Waals surface area contributed by atoms with E-state index in [-0.39, 0.29) is 17.3 Å². The molecule has 2 rings (SSSR count). The van der Waals surface area contributed by atoms with Crippen LogP contribution in [-0.2, 0) is 9.59 Å². The van der Waals surface area contributed by atoms with Crippen molar-refractivity contribution in [3.63, 3.8) is 0 Å². The van der Waals surface area contributed by atoms with Crippen LogP contribution in [0, 0.1) is 17.3 Å². The van der Waals surface area contributed by atoms with Crippen molar-refractivity contribution >= 4 is 11.6 Å². The minimum atomic E-state index is 0.0544. The zero-order valence-corrected chi connectivity index (χ0v) is 7.59. The van der Waals surface area contributed by atoms with Gasteiger partial charge in [0.05, 0.1) is 0 Å². The van der Waals surface area contributed by atoms with Crippen molar-refractivity contribution in [2.75, 3.05) is 0 Å². The second kappa shape index (κ2) is 2.18. The Morgan fingerprint density at radius 1 is 1.17 bits per heavy atom. The minimum Gasteiger partial charge on any atom is -0.299 e. The van der Waals surface area contributed by atoms with Gasteiger partial charge in [-0.25, -0.2) is 0 Å². The summed E-state index contributed by atoms with van der Waals surface area (Å²) in [5.74, 6) is 0.773. The third-order valence-electron chi connectivity index (χ3n) is 3.37. The highest BCUT2D eigenvalue weighted by atomic mass is 16.1. The second-order valence-electron chi connectivity index (χ2n) is 4.71. The second-order valence-corrected chi connectivity index (χ2v) is 4.71. The first kappa shape index (κ1) is 7.96. The number of hydrogen-bond acceptors (Lipinski definition) is 2. The molecule has 2 fully saturated rings. The Morgan fingerprint density at radius 3 is 2.25 bits per heavy atom. The molecule has 2 heteroatoms. The fourth-order valence-electron chi connectivity index (χ4n) is 2.74. The molecule has 0 radical (unpaired) electrons. The Hall–Kier alpha value is -0.660. The van der Waals surface area contributed by atoms with Gasteiger partial charge in [-0.3, -0.25) is 9.59 Å². The van der Waals surface area contributed by atoms with Crippen molar-refractivity contribution in [1.29, 1.82) is 0 Å². The van der Waals surface area contributed by atoms with E-state index in [0.29, 0.717) is 24.4 Å². The average Bonchev–Trinajstić information content (AvgIpc) is 1.94. The van der Waals surface area contributed by atoms with E-state index in [1.807, 2.05) is 0 Å². The van der Waals surface area contributed by atoms with Crippen LogP contribution in [0.5, 0.6) is 0 Å². The normalized spacial score (nSPS) is 38.8. The zero-order valence-electron chi connectivity index (χ0n) is 7.59. The lowest BCUT2D eigenvalue weighted by molar-refractivity contribution is -0.155.